The van der Waals surface area contributed by atoms with Gasteiger partial charge in [0.2, 0.25) is 0 Å². The molecule has 0 spiro atoms. The maximum Gasteiger partial charge on any atom is 1.00 e. The molecule has 0 aromatic carbocycles. The van der Waals surface area contributed by atoms with Gasteiger partial charge in [0.25, 0.3) is 7.12 Å². The first-order valence-electron chi connectivity index (χ1n) is 9.95. The van der Waals surface area contributed by atoms with E-state index in [-0.39, 0.29) is 34.2 Å². The Bertz CT molecular complexity index is 1130. The minimum absolute atomic E-state index is 0. The van der Waals surface area contributed by atoms with Crippen LogP contribution in [0.2, 0.25) is 0 Å². The van der Waals surface area contributed by atoms with Crippen molar-refractivity contribution in [3.8, 4) is 0 Å². The minimum Gasteiger partial charge on any atom is -0.479 e. The second-order valence-electron chi connectivity index (χ2n) is 7.70. The van der Waals surface area contributed by atoms with Crippen LogP contribution in [-0.2, 0) is 40.4 Å². The van der Waals surface area contributed by atoms with Crippen LogP contribution in [0, 0.1) is 20.8 Å². The van der Waals surface area contributed by atoms with Gasteiger partial charge in [-0.2, -0.15) is 39.5 Å². The first kappa shape index (κ1) is 33.0. The maximum atomic E-state index is 13.1. The third kappa shape index (κ3) is 7.53. The van der Waals surface area contributed by atoms with Gasteiger partial charge in [0.05, 0.1) is 0 Å². The van der Waals surface area contributed by atoms with Crippen LogP contribution < -0.4 is 0 Å². The number of aliphatic carboxylic acids is 1. The molecule has 3 heterocycles. The Kier molecular flexibility index (Phi) is 9.92. The molecule has 0 saturated carbocycles. The van der Waals surface area contributed by atoms with E-state index in [0.717, 1.165) is 0 Å². The molecule has 20 heteroatoms. The molecule has 0 fully saturated rings. The fourth-order valence-electron chi connectivity index (χ4n) is 2.89. The molecule has 0 bridgehead atoms. The van der Waals surface area contributed by atoms with E-state index < -0.39 is 54.8 Å². The predicted molar refractivity (Wildman–Crippen MR) is 107 cm³/mol. The molecule has 3 rings (SSSR count). The van der Waals surface area contributed by atoms with Gasteiger partial charge in [0.1, 0.15) is 6.10 Å². The van der Waals surface area contributed by atoms with Crippen molar-refractivity contribution in [2.75, 3.05) is 0 Å². The SMILES string of the molecule is CC(O)C(=O)O.Cc1cc(C(F)(F)F)nn1[B-](n1nc(C(F)(F)F)cc1C)n1nc(C(F)(F)F)cc1C.[Cu+]. The summed E-state index contributed by atoms with van der Waals surface area (Å²) < 4.78 is 120. The molecule has 0 amide bonds. The third-order valence-electron chi connectivity index (χ3n) is 4.65. The van der Waals surface area contributed by atoms with Gasteiger partial charge >= 0.3 is 41.6 Å². The summed E-state index contributed by atoms with van der Waals surface area (Å²) in [5, 5.41) is 25.9. The first-order valence-corrected chi connectivity index (χ1v) is 9.95. The van der Waals surface area contributed by atoms with E-state index in [2.05, 4.69) is 15.3 Å². The van der Waals surface area contributed by atoms with E-state index in [1.165, 1.54) is 27.7 Å². The van der Waals surface area contributed by atoms with E-state index in [0.29, 0.717) is 32.0 Å². The van der Waals surface area contributed by atoms with Crippen molar-refractivity contribution in [1.82, 2.24) is 29.1 Å². The third-order valence-corrected chi connectivity index (χ3v) is 4.65. The first-order chi connectivity index (χ1) is 16.6. The van der Waals surface area contributed by atoms with Gasteiger partial charge in [-0.25, -0.2) is 20.1 Å². The Labute approximate surface area is 218 Å². The van der Waals surface area contributed by atoms with Crippen molar-refractivity contribution in [3.05, 3.63) is 52.4 Å². The number of aryl methyl sites for hydroxylation is 3. The number of hydrogen-bond acceptors (Lipinski definition) is 5. The van der Waals surface area contributed by atoms with E-state index in [1.807, 2.05) is 0 Å². The van der Waals surface area contributed by atoms with Gasteiger partial charge in [0.15, 0.2) is 17.1 Å². The summed E-state index contributed by atoms with van der Waals surface area (Å²) in [5.41, 5.74) is -4.71. The Morgan fingerprint density at radius 1 is 0.737 bits per heavy atom. The zero-order valence-corrected chi connectivity index (χ0v) is 20.5. The normalized spacial score (nSPS) is 13.1. The second-order valence-corrected chi connectivity index (χ2v) is 7.70. The molecule has 0 aliphatic rings. The number of nitrogens with zero attached hydrogens (tertiary/aromatic N) is 6. The van der Waals surface area contributed by atoms with Crippen LogP contribution in [0.1, 0.15) is 41.1 Å². The molecule has 3 aromatic rings. The zero-order chi connectivity index (χ0) is 28.7. The second kappa shape index (κ2) is 11.4. The smallest absolute Gasteiger partial charge is 0.479 e. The molecule has 38 heavy (non-hydrogen) atoms. The van der Waals surface area contributed by atoms with Crippen LogP contribution in [0.5, 0.6) is 0 Å². The average Bonchev–Trinajstić information content (AvgIpc) is 3.40. The summed E-state index contributed by atoms with van der Waals surface area (Å²) >= 11 is 0. The van der Waals surface area contributed by atoms with Crippen molar-refractivity contribution in [3.63, 3.8) is 0 Å². The Morgan fingerprint density at radius 3 is 1.08 bits per heavy atom. The van der Waals surface area contributed by atoms with E-state index in [9.17, 15) is 44.3 Å². The standard InChI is InChI=1S/C15H12BF9N6.C3H6O3.Cu/c1-7-4-10(13(17,18)19)26-29(7)16(30-8(2)5-11(27-30)14(20,21)22)31-9(3)6-12(28-31)15(23,24)25;1-2(4)3(5)6;/h4-6H,1-3H3;2,4H,1H3,(H,5,6);/q-1;;+1. The zero-order valence-electron chi connectivity index (χ0n) is 19.6. The predicted octanol–water partition coefficient (Wildman–Crippen LogP) is 3.64. The largest absolute Gasteiger partial charge is 1.00 e. The van der Waals surface area contributed by atoms with Gasteiger partial charge in [-0.3, -0.25) is 0 Å². The Morgan fingerprint density at radius 2 is 0.947 bits per heavy atom. The molecule has 1 radical (unpaired) electrons. The topological polar surface area (TPSA) is 111 Å². The number of alkyl halides is 9. The number of carbonyl (C=O) groups is 1. The molecule has 1 atom stereocenters. The van der Waals surface area contributed by atoms with Gasteiger partial charge in [-0.1, -0.05) is 0 Å². The number of carboxylic acids is 1. The summed E-state index contributed by atoms with van der Waals surface area (Å²) in [7, 11) is -1.80. The minimum atomic E-state index is -4.90. The van der Waals surface area contributed by atoms with Crippen molar-refractivity contribution >= 4 is 13.1 Å². The molecule has 2 N–H and O–H groups in total. The summed E-state index contributed by atoms with van der Waals surface area (Å²) in [6.07, 6.45) is -15.9. The molecule has 1 unspecified atom stereocenters. The fourth-order valence-corrected chi connectivity index (χ4v) is 2.89. The van der Waals surface area contributed by atoms with Crippen LogP contribution in [0.4, 0.5) is 39.5 Å². The molecule has 9 nitrogen and oxygen atoms in total. The number of aliphatic hydroxyl groups excluding tert-OH is 1. The number of aliphatic hydroxyl groups is 1. The van der Waals surface area contributed by atoms with Crippen LogP contribution in [0.15, 0.2) is 18.2 Å². The Hall–Kier alpha value is -2.99. The van der Waals surface area contributed by atoms with Crippen LogP contribution in [0.3, 0.4) is 0 Å². The Balaban J connectivity index is 0.000000925. The van der Waals surface area contributed by atoms with Crippen molar-refractivity contribution in [2.24, 2.45) is 0 Å². The fraction of sp³-hybridized carbons (Fsp3) is 0.444. The molecular weight excluding hydrogens is 594 g/mol. The van der Waals surface area contributed by atoms with Crippen LogP contribution in [0.25, 0.3) is 0 Å². The van der Waals surface area contributed by atoms with E-state index >= 15 is 0 Å². The van der Waals surface area contributed by atoms with Gasteiger partial charge in [0, 0.05) is 0 Å². The van der Waals surface area contributed by atoms with E-state index in [4.69, 9.17) is 10.2 Å². The van der Waals surface area contributed by atoms with Gasteiger partial charge < -0.3 is 24.0 Å². The van der Waals surface area contributed by atoms with Gasteiger partial charge in [-0.05, 0) is 63.0 Å². The number of aromatic nitrogens is 6. The van der Waals surface area contributed by atoms with Crippen LogP contribution in [-0.4, -0.2) is 58.5 Å². The molecule has 0 aliphatic carbocycles. The monoisotopic (exact) mass is 611 g/mol. The number of carboxylic acid groups (broad SMARTS) is 1. The summed E-state index contributed by atoms with van der Waals surface area (Å²) in [6, 6.07) is 1.83. The summed E-state index contributed by atoms with van der Waals surface area (Å²) in [4.78, 5) is 9.45. The molecule has 0 saturated heterocycles. The molecule has 3 aromatic heterocycles. The molecule has 215 valence electrons. The van der Waals surface area contributed by atoms with Crippen molar-refractivity contribution < 1.29 is 71.6 Å². The van der Waals surface area contributed by atoms with Crippen molar-refractivity contribution in [2.45, 2.75) is 52.3 Å². The summed E-state index contributed by atoms with van der Waals surface area (Å²) in [5.74, 6) is -1.19. The van der Waals surface area contributed by atoms with Crippen molar-refractivity contribution in [1.29, 1.82) is 0 Å². The van der Waals surface area contributed by atoms with E-state index in [1.54, 1.807) is 0 Å². The number of halogens is 9. The summed E-state index contributed by atoms with van der Waals surface area (Å²) in [6.45, 7) is 4.70. The molecule has 0 aliphatic heterocycles. The molecular formula is C18H18BCuF9N6O3. The maximum absolute atomic E-state index is 13.1. The number of rotatable bonds is 4. The number of hydrogen-bond donors (Lipinski definition) is 2. The van der Waals surface area contributed by atoms with Crippen LogP contribution >= 0.6 is 0 Å². The van der Waals surface area contributed by atoms with Gasteiger partial charge in [-0.15, -0.1) is 0 Å². The average molecular weight is 612 g/mol. The quantitative estimate of drug-likeness (QED) is 0.345.